The molecule has 4 aromatic rings. The van der Waals surface area contributed by atoms with E-state index < -0.39 is 0 Å². The molecule has 0 heterocycles. The predicted octanol–water partition coefficient (Wildman–Crippen LogP) is 17.2. The maximum absolute atomic E-state index is 12.3. The lowest BCUT2D eigenvalue weighted by molar-refractivity contribution is 0.131. The Bertz CT molecular complexity index is 2360. The summed E-state index contributed by atoms with van der Waals surface area (Å²) >= 11 is 0. The summed E-state index contributed by atoms with van der Waals surface area (Å²) in [5.74, 6) is 2.04. The summed E-state index contributed by atoms with van der Waals surface area (Å²) < 4.78 is 13.6. The van der Waals surface area contributed by atoms with Crippen molar-refractivity contribution in [3.8, 4) is 45.3 Å². The van der Waals surface area contributed by atoms with Gasteiger partial charge in [-0.3, -0.25) is 0 Å². The normalized spacial score (nSPS) is 21.5. The fourth-order valence-corrected chi connectivity index (χ4v) is 11.1. The van der Waals surface area contributed by atoms with E-state index >= 15 is 0 Å². The molecule has 2 N–H and O–H groups in total. The first kappa shape index (κ1) is 46.1. The first-order valence-corrected chi connectivity index (χ1v) is 25.0. The fraction of sp³-hybridized carbons (Fsp3) is 0.410. The molecule has 0 amide bonds. The number of ether oxygens (including phenoxy) is 2. The summed E-state index contributed by atoms with van der Waals surface area (Å²) in [7, 11) is 0. The van der Waals surface area contributed by atoms with Crippen LogP contribution in [0.1, 0.15) is 158 Å². The van der Waals surface area contributed by atoms with E-state index in [2.05, 4.69) is 89.4 Å². The van der Waals surface area contributed by atoms with Gasteiger partial charge in [-0.1, -0.05) is 74.5 Å². The minimum absolute atomic E-state index is 0.202. The van der Waals surface area contributed by atoms with E-state index in [-0.39, 0.29) is 12.2 Å². The molecule has 1 unspecified atom stereocenters. The van der Waals surface area contributed by atoms with Gasteiger partial charge in [-0.25, -0.2) is 0 Å². The molecule has 0 aromatic heterocycles. The molecule has 8 rings (SSSR count). The third-order valence-corrected chi connectivity index (χ3v) is 14.2. The smallest absolute Gasteiger partial charge is 0.131 e. The summed E-state index contributed by atoms with van der Waals surface area (Å²) in [4.78, 5) is 0. The predicted molar refractivity (Wildman–Crippen MR) is 273 cm³/mol. The van der Waals surface area contributed by atoms with Crippen molar-refractivity contribution in [2.24, 2.45) is 0 Å². The molecule has 340 valence electrons. The zero-order valence-electron chi connectivity index (χ0n) is 39.8. The van der Waals surface area contributed by atoms with Gasteiger partial charge >= 0.3 is 0 Å². The molecule has 0 saturated heterocycles. The number of hydrogen-bond acceptors (Lipinski definition) is 4. The fourth-order valence-electron chi connectivity index (χ4n) is 11.1. The third kappa shape index (κ3) is 10.6. The van der Waals surface area contributed by atoms with Gasteiger partial charge in [0.2, 0.25) is 0 Å². The van der Waals surface area contributed by atoms with Crippen molar-refractivity contribution < 1.29 is 19.7 Å². The van der Waals surface area contributed by atoms with Gasteiger partial charge in [-0.05, 0) is 223 Å². The van der Waals surface area contributed by atoms with Crippen LogP contribution in [0, 0.1) is 13.8 Å². The Balaban J connectivity index is 1.06. The molecule has 0 bridgehead atoms. The van der Waals surface area contributed by atoms with Gasteiger partial charge in [0.25, 0.3) is 0 Å². The van der Waals surface area contributed by atoms with E-state index in [9.17, 15) is 10.2 Å². The number of phenols is 2. The quantitative estimate of drug-likeness (QED) is 0.167. The number of phenolic OH excluding ortho intramolecular Hbond substituents is 2. The number of benzene rings is 4. The van der Waals surface area contributed by atoms with Crippen LogP contribution in [0.25, 0.3) is 33.4 Å². The van der Waals surface area contributed by atoms with Gasteiger partial charge in [0.05, 0.1) is 12.2 Å². The van der Waals surface area contributed by atoms with Gasteiger partial charge in [-0.15, -0.1) is 0 Å². The van der Waals surface area contributed by atoms with Crippen LogP contribution in [-0.2, 0) is 0 Å². The average Bonchev–Trinajstić information content (AvgIpc) is 3.29. The highest BCUT2D eigenvalue weighted by Gasteiger charge is 2.27. The van der Waals surface area contributed by atoms with Crippen molar-refractivity contribution in [2.75, 3.05) is 0 Å². The van der Waals surface area contributed by atoms with Crippen molar-refractivity contribution in [2.45, 2.75) is 162 Å². The number of aromatic hydroxyl groups is 2. The van der Waals surface area contributed by atoms with Crippen molar-refractivity contribution >= 4 is 11.1 Å². The van der Waals surface area contributed by atoms with Crippen molar-refractivity contribution in [1.29, 1.82) is 0 Å². The van der Waals surface area contributed by atoms with Gasteiger partial charge in [0.15, 0.2) is 0 Å². The summed E-state index contributed by atoms with van der Waals surface area (Å²) in [5.41, 5.74) is 17.5. The second-order valence-electron chi connectivity index (χ2n) is 19.5. The first-order chi connectivity index (χ1) is 31.6. The maximum atomic E-state index is 12.3. The zero-order valence-corrected chi connectivity index (χ0v) is 39.8. The molecule has 2 atom stereocenters. The third-order valence-electron chi connectivity index (χ3n) is 14.2. The molecule has 0 aliphatic heterocycles. The highest BCUT2D eigenvalue weighted by molar-refractivity contribution is 5.92. The number of aryl methyl sites for hydroxylation is 2. The first-order valence-electron chi connectivity index (χ1n) is 25.0. The highest BCUT2D eigenvalue weighted by atomic mass is 16.5. The number of hydrogen-bond donors (Lipinski definition) is 2. The molecule has 4 aliphatic rings. The van der Waals surface area contributed by atoms with E-state index in [0.29, 0.717) is 17.9 Å². The molecule has 2 fully saturated rings. The lowest BCUT2D eigenvalue weighted by Crippen LogP contribution is -2.23. The molecule has 4 aromatic carbocycles. The Labute approximate surface area is 390 Å². The monoisotopic (exact) mass is 869 g/mol. The second-order valence-corrected chi connectivity index (χ2v) is 19.5. The topological polar surface area (TPSA) is 58.9 Å². The van der Waals surface area contributed by atoms with Crippen LogP contribution >= 0.6 is 0 Å². The molecule has 4 heteroatoms. The van der Waals surface area contributed by atoms with Crippen molar-refractivity contribution in [3.05, 3.63) is 154 Å². The Morgan fingerprint density at radius 3 is 1.31 bits per heavy atom. The Morgan fingerprint density at radius 2 is 0.862 bits per heavy atom. The minimum Gasteiger partial charge on any atom is -0.507 e. The van der Waals surface area contributed by atoms with Crippen LogP contribution in [-0.4, -0.2) is 22.4 Å². The van der Waals surface area contributed by atoms with Crippen LogP contribution in [0.15, 0.2) is 132 Å². The molecular formula is C61H72O4. The van der Waals surface area contributed by atoms with E-state index in [4.69, 9.17) is 9.47 Å². The molecular weight excluding hydrogens is 797 g/mol. The van der Waals surface area contributed by atoms with Crippen molar-refractivity contribution in [3.63, 3.8) is 0 Å². The summed E-state index contributed by atoms with van der Waals surface area (Å²) in [5, 5.41) is 24.7. The van der Waals surface area contributed by atoms with E-state index in [1.54, 1.807) is 0 Å². The van der Waals surface area contributed by atoms with E-state index in [1.807, 2.05) is 36.4 Å². The molecule has 2 saturated carbocycles. The van der Waals surface area contributed by atoms with Gasteiger partial charge in [-0.2, -0.15) is 0 Å². The Kier molecular flexibility index (Phi) is 15.0. The van der Waals surface area contributed by atoms with Crippen LogP contribution in [0.3, 0.4) is 0 Å². The molecule has 4 aliphatic carbocycles. The standard InChI is InChI=1S/C61H72O4/c1-40-35-52(60(62)54(37-40)58-42(3)23-11-7-9-13-25-46-27-15-17-29-48(46)58)50-31-19-21-33-56(50)64-44(5)39-45(6)65-57-34-22-20-32-51(57)53-36-41(2)38-55(61(53)63)59-43(4)24-12-8-10-14-26-47-28-16-18-30-49(47)59/h19-22,25-26,31-38,44-45,62-63H,3-4,7-18,23-24,27-30,39H2,1-2,5-6H3/b46-25-,47-26-,58-48+,59-49?/t44-,45?/m0/s1. The SMILES string of the molecule is C=C1CCCCC/C=C2/CCCCC2=C1c1cc(C)cc(-c2ccccc2OC(C)C[C@H](C)Oc2ccccc2-c2cc(C)cc(/C3=C4\CCCC\C4=C\CCCCCC3=C)c2O)c1O. The number of rotatable bonds is 10. The second kappa shape index (κ2) is 21.2. The van der Waals surface area contributed by atoms with Crippen molar-refractivity contribution in [1.82, 2.24) is 0 Å². The molecule has 0 spiro atoms. The lowest BCUT2D eigenvalue weighted by Gasteiger charge is -2.27. The largest absolute Gasteiger partial charge is 0.507 e. The Morgan fingerprint density at radius 1 is 0.477 bits per heavy atom. The van der Waals surface area contributed by atoms with E-state index in [1.165, 1.54) is 60.8 Å². The zero-order chi connectivity index (χ0) is 45.5. The average molecular weight is 869 g/mol. The van der Waals surface area contributed by atoms with Crippen LogP contribution in [0.4, 0.5) is 0 Å². The molecule has 4 nitrogen and oxygen atoms in total. The lowest BCUT2D eigenvalue weighted by atomic mass is 9.79. The number of fused-ring (bicyclic) bond motifs is 2. The summed E-state index contributed by atoms with van der Waals surface area (Å²) in [6.07, 6.45) is 25.3. The van der Waals surface area contributed by atoms with Gasteiger partial charge < -0.3 is 19.7 Å². The van der Waals surface area contributed by atoms with Gasteiger partial charge in [0, 0.05) is 39.8 Å². The summed E-state index contributed by atoms with van der Waals surface area (Å²) in [6.45, 7) is 17.7. The minimum atomic E-state index is -0.202. The summed E-state index contributed by atoms with van der Waals surface area (Å²) in [6, 6.07) is 24.7. The molecule has 0 radical (unpaired) electrons. The van der Waals surface area contributed by atoms with Crippen LogP contribution < -0.4 is 9.47 Å². The highest BCUT2D eigenvalue weighted by Crippen LogP contribution is 2.49. The number of allylic oxidation sites excluding steroid dienone is 10. The maximum Gasteiger partial charge on any atom is 0.131 e. The number of para-hydroxylation sites is 2. The van der Waals surface area contributed by atoms with E-state index in [0.717, 1.165) is 155 Å². The Hall–Kier alpha value is -5.48. The van der Waals surface area contributed by atoms with Gasteiger partial charge in [0.1, 0.15) is 23.0 Å². The molecule has 65 heavy (non-hydrogen) atoms. The van der Waals surface area contributed by atoms with Crippen LogP contribution in [0.2, 0.25) is 0 Å². The van der Waals surface area contributed by atoms with Crippen LogP contribution in [0.5, 0.6) is 23.0 Å².